The second-order valence-corrected chi connectivity index (χ2v) is 4.04. The van der Waals surface area contributed by atoms with E-state index in [9.17, 15) is 9.18 Å². The molecule has 0 spiro atoms. The van der Waals surface area contributed by atoms with Crippen LogP contribution in [-0.4, -0.2) is 19.2 Å². The van der Waals surface area contributed by atoms with E-state index < -0.39 is 11.8 Å². The zero-order valence-electron chi connectivity index (χ0n) is 10.7. The SMILES string of the molecule is Nc1ccc(C(=O)OCCOc2ccccc2)c(F)c1. The summed E-state index contributed by atoms with van der Waals surface area (Å²) in [6, 6.07) is 13.0. The maximum absolute atomic E-state index is 13.5. The average molecular weight is 275 g/mol. The number of carbonyl (C=O) groups is 1. The predicted molar refractivity (Wildman–Crippen MR) is 73.0 cm³/mol. The van der Waals surface area contributed by atoms with Crippen molar-refractivity contribution < 1.29 is 18.7 Å². The number of nitrogen functional groups attached to an aromatic ring is 1. The molecule has 0 aliphatic heterocycles. The molecule has 0 unspecified atom stereocenters. The van der Waals surface area contributed by atoms with Gasteiger partial charge in [0.15, 0.2) is 0 Å². The Kier molecular flexibility index (Phi) is 4.55. The molecule has 0 aliphatic rings. The van der Waals surface area contributed by atoms with Crippen LogP contribution in [0.15, 0.2) is 48.5 Å². The van der Waals surface area contributed by atoms with Gasteiger partial charge in [0, 0.05) is 5.69 Å². The molecule has 2 aromatic carbocycles. The van der Waals surface area contributed by atoms with E-state index in [4.69, 9.17) is 15.2 Å². The summed E-state index contributed by atoms with van der Waals surface area (Å²) in [5.41, 5.74) is 5.52. The maximum Gasteiger partial charge on any atom is 0.341 e. The number of hydrogen-bond donors (Lipinski definition) is 1. The van der Waals surface area contributed by atoms with Crippen LogP contribution in [0.25, 0.3) is 0 Å². The first-order chi connectivity index (χ1) is 9.66. The van der Waals surface area contributed by atoms with Crippen LogP contribution in [-0.2, 0) is 4.74 Å². The molecule has 4 nitrogen and oxygen atoms in total. The Morgan fingerprint density at radius 1 is 1.10 bits per heavy atom. The van der Waals surface area contributed by atoms with Gasteiger partial charge in [-0.3, -0.25) is 0 Å². The first-order valence-corrected chi connectivity index (χ1v) is 6.07. The van der Waals surface area contributed by atoms with E-state index in [1.165, 1.54) is 12.1 Å². The fourth-order valence-electron chi connectivity index (χ4n) is 1.59. The minimum absolute atomic E-state index is 0.0392. The third kappa shape index (κ3) is 3.71. The summed E-state index contributed by atoms with van der Waals surface area (Å²) in [5.74, 6) is -0.750. The minimum Gasteiger partial charge on any atom is -0.490 e. The second kappa shape index (κ2) is 6.56. The van der Waals surface area contributed by atoms with Gasteiger partial charge in [-0.2, -0.15) is 0 Å². The highest BCUT2D eigenvalue weighted by Crippen LogP contribution is 2.13. The Labute approximate surface area is 115 Å². The molecule has 104 valence electrons. The summed E-state index contributed by atoms with van der Waals surface area (Å²) in [6.45, 7) is 0.240. The molecule has 0 fully saturated rings. The van der Waals surface area contributed by atoms with Crippen molar-refractivity contribution in [2.75, 3.05) is 18.9 Å². The zero-order chi connectivity index (χ0) is 14.4. The van der Waals surface area contributed by atoms with Crippen molar-refractivity contribution in [3.8, 4) is 5.75 Å². The molecule has 2 aromatic rings. The predicted octanol–water partition coefficient (Wildman–Crippen LogP) is 2.64. The number of para-hydroxylation sites is 1. The van der Waals surface area contributed by atoms with Crippen LogP contribution in [0.3, 0.4) is 0 Å². The van der Waals surface area contributed by atoms with Gasteiger partial charge in [0.05, 0.1) is 5.56 Å². The highest BCUT2D eigenvalue weighted by Gasteiger charge is 2.13. The number of carbonyl (C=O) groups excluding carboxylic acids is 1. The number of halogens is 1. The number of anilines is 1. The third-order valence-corrected chi connectivity index (χ3v) is 2.54. The van der Waals surface area contributed by atoms with Crippen molar-refractivity contribution >= 4 is 11.7 Å². The molecule has 0 saturated carbocycles. The van der Waals surface area contributed by atoms with Crippen molar-refractivity contribution in [2.45, 2.75) is 0 Å². The van der Waals surface area contributed by atoms with Crippen LogP contribution < -0.4 is 10.5 Å². The normalized spacial score (nSPS) is 10.1. The summed E-state index contributed by atoms with van der Waals surface area (Å²) in [5, 5.41) is 0. The Balaban J connectivity index is 1.80. The van der Waals surface area contributed by atoms with Crippen molar-refractivity contribution in [2.24, 2.45) is 0 Å². The molecule has 0 heterocycles. The molecule has 2 rings (SSSR count). The Morgan fingerprint density at radius 2 is 1.85 bits per heavy atom. The van der Waals surface area contributed by atoms with E-state index in [1.54, 1.807) is 12.1 Å². The van der Waals surface area contributed by atoms with Gasteiger partial charge in [0.2, 0.25) is 0 Å². The van der Waals surface area contributed by atoms with Crippen LogP contribution >= 0.6 is 0 Å². The van der Waals surface area contributed by atoms with Crippen molar-refractivity contribution in [3.05, 3.63) is 59.9 Å². The fraction of sp³-hybridized carbons (Fsp3) is 0.133. The van der Waals surface area contributed by atoms with Crippen LogP contribution in [0.5, 0.6) is 5.75 Å². The molecular weight excluding hydrogens is 261 g/mol. The summed E-state index contributed by atoms with van der Waals surface area (Å²) in [4.78, 5) is 11.6. The molecule has 0 aliphatic carbocycles. The van der Waals surface area contributed by atoms with Crippen LogP contribution in [0, 0.1) is 5.82 Å². The molecule has 0 aromatic heterocycles. The number of benzene rings is 2. The minimum atomic E-state index is -0.737. The number of hydrogen-bond acceptors (Lipinski definition) is 4. The van der Waals surface area contributed by atoms with Gasteiger partial charge in [-0.25, -0.2) is 9.18 Å². The van der Waals surface area contributed by atoms with Gasteiger partial charge in [-0.1, -0.05) is 18.2 Å². The highest BCUT2D eigenvalue weighted by molar-refractivity contribution is 5.90. The van der Waals surface area contributed by atoms with E-state index in [2.05, 4.69) is 0 Å². The van der Waals surface area contributed by atoms with Gasteiger partial charge >= 0.3 is 5.97 Å². The van der Waals surface area contributed by atoms with E-state index in [0.29, 0.717) is 5.75 Å². The molecule has 0 atom stereocenters. The lowest BCUT2D eigenvalue weighted by molar-refractivity contribution is 0.0445. The fourth-order valence-corrected chi connectivity index (χ4v) is 1.59. The monoisotopic (exact) mass is 275 g/mol. The van der Waals surface area contributed by atoms with Crippen LogP contribution in [0.1, 0.15) is 10.4 Å². The first kappa shape index (κ1) is 13.9. The zero-order valence-corrected chi connectivity index (χ0v) is 10.7. The molecule has 0 bridgehead atoms. The van der Waals surface area contributed by atoms with Crippen molar-refractivity contribution in [3.63, 3.8) is 0 Å². The Bertz CT molecular complexity index is 587. The first-order valence-electron chi connectivity index (χ1n) is 6.07. The van der Waals surface area contributed by atoms with E-state index in [1.807, 2.05) is 18.2 Å². The largest absolute Gasteiger partial charge is 0.490 e. The van der Waals surface area contributed by atoms with E-state index >= 15 is 0 Å². The smallest absolute Gasteiger partial charge is 0.341 e. The van der Waals surface area contributed by atoms with Gasteiger partial charge < -0.3 is 15.2 Å². The number of ether oxygens (including phenoxy) is 2. The average Bonchev–Trinajstić information content (AvgIpc) is 2.44. The van der Waals surface area contributed by atoms with E-state index in [-0.39, 0.29) is 24.5 Å². The van der Waals surface area contributed by atoms with Gasteiger partial charge in [-0.05, 0) is 30.3 Å². The Hall–Kier alpha value is -2.56. The van der Waals surface area contributed by atoms with Gasteiger partial charge in [0.25, 0.3) is 0 Å². The molecule has 2 N–H and O–H groups in total. The molecule has 0 saturated heterocycles. The number of rotatable bonds is 5. The lowest BCUT2D eigenvalue weighted by atomic mass is 10.2. The maximum atomic E-state index is 13.5. The molecular formula is C15H14FNO3. The summed E-state index contributed by atoms with van der Waals surface area (Å²) >= 11 is 0. The number of nitrogens with two attached hydrogens (primary N) is 1. The van der Waals surface area contributed by atoms with Crippen LogP contribution in [0.2, 0.25) is 0 Å². The molecule has 0 radical (unpaired) electrons. The van der Waals surface area contributed by atoms with Crippen LogP contribution in [0.4, 0.5) is 10.1 Å². The molecule has 20 heavy (non-hydrogen) atoms. The molecule has 0 amide bonds. The van der Waals surface area contributed by atoms with Crippen molar-refractivity contribution in [1.82, 2.24) is 0 Å². The third-order valence-electron chi connectivity index (χ3n) is 2.54. The van der Waals surface area contributed by atoms with E-state index in [0.717, 1.165) is 6.07 Å². The van der Waals surface area contributed by atoms with Crippen molar-refractivity contribution in [1.29, 1.82) is 0 Å². The molecule has 5 heteroatoms. The standard InChI is InChI=1S/C15H14FNO3/c16-14-10-11(17)6-7-13(14)15(18)20-9-8-19-12-4-2-1-3-5-12/h1-7,10H,8-9,17H2. The Morgan fingerprint density at radius 3 is 2.55 bits per heavy atom. The van der Waals surface area contributed by atoms with Gasteiger partial charge in [-0.15, -0.1) is 0 Å². The number of esters is 1. The summed E-state index contributed by atoms with van der Waals surface area (Å²) in [6.07, 6.45) is 0. The summed E-state index contributed by atoms with van der Waals surface area (Å²) < 4.78 is 23.7. The topological polar surface area (TPSA) is 61.6 Å². The van der Waals surface area contributed by atoms with Gasteiger partial charge in [0.1, 0.15) is 24.8 Å². The lowest BCUT2D eigenvalue weighted by Gasteiger charge is -2.08. The summed E-state index contributed by atoms with van der Waals surface area (Å²) in [7, 11) is 0. The highest BCUT2D eigenvalue weighted by atomic mass is 19.1. The second-order valence-electron chi connectivity index (χ2n) is 4.04. The quantitative estimate of drug-likeness (QED) is 0.517. The lowest BCUT2D eigenvalue weighted by Crippen LogP contribution is -2.13.